The van der Waals surface area contributed by atoms with Gasteiger partial charge < -0.3 is 10.1 Å². The summed E-state index contributed by atoms with van der Waals surface area (Å²) in [4.78, 5) is 0. The largest absolute Gasteiger partial charge is 0.496 e. The molecule has 0 aliphatic carbocycles. The third kappa shape index (κ3) is 3.75. The fourth-order valence-electron chi connectivity index (χ4n) is 1.72. The molecule has 1 aromatic heterocycles. The topological polar surface area (TPSA) is 47.0 Å². The second-order valence-corrected chi connectivity index (χ2v) is 5.79. The van der Waals surface area contributed by atoms with Crippen LogP contribution in [0.2, 0.25) is 0 Å². The molecule has 1 heterocycles. The van der Waals surface area contributed by atoms with E-state index in [1.807, 2.05) is 24.3 Å². The molecule has 0 fully saturated rings. The van der Waals surface area contributed by atoms with Crippen LogP contribution in [-0.2, 0) is 6.54 Å². The first-order chi connectivity index (χ1) is 9.20. The Morgan fingerprint density at radius 3 is 2.79 bits per heavy atom. The van der Waals surface area contributed by atoms with Crippen molar-refractivity contribution in [2.24, 2.45) is 5.92 Å². The van der Waals surface area contributed by atoms with Crippen molar-refractivity contribution in [3.63, 3.8) is 0 Å². The van der Waals surface area contributed by atoms with Crippen molar-refractivity contribution in [1.29, 1.82) is 0 Å². The van der Waals surface area contributed by atoms with Gasteiger partial charge in [0.2, 0.25) is 0 Å². The number of rotatable bonds is 6. The Balaban J connectivity index is 2.08. The average Bonchev–Trinajstić information content (AvgIpc) is 2.87. The molecular formula is C14H19N3OS. The second-order valence-electron chi connectivity index (χ2n) is 4.73. The predicted octanol–water partition coefficient (Wildman–Crippen LogP) is 2.96. The first-order valence-corrected chi connectivity index (χ1v) is 7.19. The van der Waals surface area contributed by atoms with Crippen LogP contribution in [0.4, 0.5) is 0 Å². The minimum Gasteiger partial charge on any atom is -0.496 e. The Labute approximate surface area is 117 Å². The van der Waals surface area contributed by atoms with Crippen LogP contribution in [0.5, 0.6) is 5.75 Å². The molecule has 0 atom stereocenters. The SMILES string of the molecule is COc1ccccc1-c1nnc(CNCC(C)C)s1. The highest BCUT2D eigenvalue weighted by Crippen LogP contribution is 2.31. The zero-order valence-electron chi connectivity index (χ0n) is 11.5. The van der Waals surface area contributed by atoms with E-state index in [4.69, 9.17) is 4.74 Å². The summed E-state index contributed by atoms with van der Waals surface area (Å²) in [6, 6.07) is 7.88. The fourth-order valence-corrected chi connectivity index (χ4v) is 2.56. The highest BCUT2D eigenvalue weighted by molar-refractivity contribution is 7.14. The summed E-state index contributed by atoms with van der Waals surface area (Å²) in [6.45, 7) is 6.13. The first kappa shape index (κ1) is 14.0. The molecule has 0 aliphatic heterocycles. The predicted molar refractivity (Wildman–Crippen MR) is 78.4 cm³/mol. The van der Waals surface area contributed by atoms with Crippen LogP contribution in [0, 0.1) is 5.92 Å². The quantitative estimate of drug-likeness (QED) is 0.882. The molecule has 0 unspecified atom stereocenters. The maximum Gasteiger partial charge on any atom is 0.151 e. The summed E-state index contributed by atoms with van der Waals surface area (Å²) in [7, 11) is 1.67. The van der Waals surface area contributed by atoms with Gasteiger partial charge in [-0.15, -0.1) is 10.2 Å². The molecule has 0 bridgehead atoms. The maximum absolute atomic E-state index is 5.34. The number of hydrogen-bond acceptors (Lipinski definition) is 5. The second kappa shape index (κ2) is 6.63. The van der Waals surface area contributed by atoms with Gasteiger partial charge in [-0.1, -0.05) is 37.3 Å². The number of methoxy groups -OCH3 is 1. The fraction of sp³-hybridized carbons (Fsp3) is 0.429. The van der Waals surface area contributed by atoms with Gasteiger partial charge in [0.1, 0.15) is 10.8 Å². The standard InChI is InChI=1S/C14H19N3OS/c1-10(2)8-15-9-13-16-17-14(19-13)11-6-4-5-7-12(11)18-3/h4-7,10,15H,8-9H2,1-3H3. The molecule has 0 spiro atoms. The summed E-state index contributed by atoms with van der Waals surface area (Å²) < 4.78 is 5.34. The third-order valence-corrected chi connectivity index (χ3v) is 3.59. The Morgan fingerprint density at radius 1 is 1.26 bits per heavy atom. The molecule has 1 aromatic carbocycles. The molecule has 0 amide bonds. The number of aromatic nitrogens is 2. The average molecular weight is 277 g/mol. The molecule has 0 saturated carbocycles. The van der Waals surface area contributed by atoms with E-state index < -0.39 is 0 Å². The molecular weight excluding hydrogens is 258 g/mol. The van der Waals surface area contributed by atoms with Crippen LogP contribution in [0.3, 0.4) is 0 Å². The van der Waals surface area contributed by atoms with Crippen LogP contribution < -0.4 is 10.1 Å². The van der Waals surface area contributed by atoms with E-state index in [0.29, 0.717) is 5.92 Å². The lowest BCUT2D eigenvalue weighted by atomic mass is 10.2. The normalized spacial score (nSPS) is 10.9. The molecule has 2 rings (SSSR count). The first-order valence-electron chi connectivity index (χ1n) is 6.37. The van der Waals surface area contributed by atoms with E-state index in [2.05, 4.69) is 29.4 Å². The molecule has 2 aromatic rings. The molecule has 5 heteroatoms. The molecule has 0 saturated heterocycles. The van der Waals surface area contributed by atoms with Crippen molar-refractivity contribution in [2.45, 2.75) is 20.4 Å². The summed E-state index contributed by atoms with van der Waals surface area (Å²) in [5.41, 5.74) is 0.998. The molecule has 0 aliphatic rings. The van der Waals surface area contributed by atoms with Crippen LogP contribution in [0.1, 0.15) is 18.9 Å². The van der Waals surface area contributed by atoms with Gasteiger partial charge in [-0.3, -0.25) is 0 Å². The van der Waals surface area contributed by atoms with E-state index in [9.17, 15) is 0 Å². The number of nitrogens with zero attached hydrogens (tertiary/aromatic N) is 2. The summed E-state index contributed by atoms with van der Waals surface area (Å²) >= 11 is 1.60. The maximum atomic E-state index is 5.34. The van der Waals surface area contributed by atoms with Crippen LogP contribution >= 0.6 is 11.3 Å². The van der Waals surface area contributed by atoms with Gasteiger partial charge in [0.05, 0.1) is 12.7 Å². The van der Waals surface area contributed by atoms with Crippen molar-refractivity contribution in [1.82, 2.24) is 15.5 Å². The number of nitrogens with one attached hydrogen (secondary N) is 1. The smallest absolute Gasteiger partial charge is 0.151 e. The molecule has 0 radical (unpaired) electrons. The van der Waals surface area contributed by atoms with Gasteiger partial charge in [0.25, 0.3) is 0 Å². The van der Waals surface area contributed by atoms with Crippen LogP contribution in [-0.4, -0.2) is 23.9 Å². The van der Waals surface area contributed by atoms with Gasteiger partial charge in [-0.2, -0.15) is 0 Å². The van der Waals surface area contributed by atoms with Crippen molar-refractivity contribution in [3.05, 3.63) is 29.3 Å². The number of para-hydroxylation sites is 1. The summed E-state index contributed by atoms with van der Waals surface area (Å²) in [5, 5.41) is 13.7. The number of benzene rings is 1. The van der Waals surface area contributed by atoms with Crippen LogP contribution in [0.15, 0.2) is 24.3 Å². The molecule has 102 valence electrons. The molecule has 4 nitrogen and oxygen atoms in total. The Hall–Kier alpha value is -1.46. The Morgan fingerprint density at radius 2 is 2.05 bits per heavy atom. The van der Waals surface area contributed by atoms with Gasteiger partial charge >= 0.3 is 0 Å². The van der Waals surface area contributed by atoms with E-state index in [0.717, 1.165) is 34.4 Å². The lowest BCUT2D eigenvalue weighted by Gasteiger charge is -2.04. The molecule has 1 N–H and O–H groups in total. The highest BCUT2D eigenvalue weighted by atomic mass is 32.1. The Bertz CT molecular complexity index is 525. The monoisotopic (exact) mass is 277 g/mol. The van der Waals surface area contributed by atoms with Gasteiger partial charge in [-0.25, -0.2) is 0 Å². The van der Waals surface area contributed by atoms with Crippen molar-refractivity contribution < 1.29 is 4.74 Å². The minimum atomic E-state index is 0.640. The number of hydrogen-bond donors (Lipinski definition) is 1. The van der Waals surface area contributed by atoms with E-state index in [1.165, 1.54) is 0 Å². The van der Waals surface area contributed by atoms with E-state index >= 15 is 0 Å². The van der Waals surface area contributed by atoms with Crippen LogP contribution in [0.25, 0.3) is 10.6 Å². The van der Waals surface area contributed by atoms with Crippen molar-refractivity contribution in [3.8, 4) is 16.3 Å². The zero-order chi connectivity index (χ0) is 13.7. The van der Waals surface area contributed by atoms with Gasteiger partial charge in [-0.05, 0) is 24.6 Å². The molecule has 19 heavy (non-hydrogen) atoms. The minimum absolute atomic E-state index is 0.640. The number of ether oxygens (including phenoxy) is 1. The van der Waals surface area contributed by atoms with Gasteiger partial charge in [0, 0.05) is 6.54 Å². The van der Waals surface area contributed by atoms with Crippen molar-refractivity contribution in [2.75, 3.05) is 13.7 Å². The van der Waals surface area contributed by atoms with E-state index in [-0.39, 0.29) is 0 Å². The summed E-state index contributed by atoms with van der Waals surface area (Å²) in [6.07, 6.45) is 0. The summed E-state index contributed by atoms with van der Waals surface area (Å²) in [5.74, 6) is 1.47. The lowest BCUT2D eigenvalue weighted by molar-refractivity contribution is 0.416. The van der Waals surface area contributed by atoms with Crippen molar-refractivity contribution >= 4 is 11.3 Å². The zero-order valence-corrected chi connectivity index (χ0v) is 12.3. The lowest BCUT2D eigenvalue weighted by Crippen LogP contribution is -2.18. The third-order valence-electron chi connectivity index (χ3n) is 2.63. The Kier molecular flexibility index (Phi) is 4.87. The van der Waals surface area contributed by atoms with Gasteiger partial charge in [0.15, 0.2) is 5.01 Å². The highest BCUT2D eigenvalue weighted by Gasteiger charge is 2.10. The van der Waals surface area contributed by atoms with E-state index in [1.54, 1.807) is 18.4 Å².